The van der Waals surface area contributed by atoms with Crippen LogP contribution in [0.15, 0.2) is 30.3 Å². The molecule has 27 heavy (non-hydrogen) atoms. The molecular weight excluding hydrogens is 338 g/mol. The van der Waals surface area contributed by atoms with Gasteiger partial charge in [-0.2, -0.15) is 0 Å². The van der Waals surface area contributed by atoms with Gasteiger partial charge in [-0.3, -0.25) is 4.90 Å². The molecule has 5 rings (SSSR count). The molecule has 4 heteroatoms. The van der Waals surface area contributed by atoms with Crippen LogP contribution in [0.3, 0.4) is 0 Å². The largest absolute Gasteiger partial charge is 0.496 e. The Morgan fingerprint density at radius 2 is 1.59 bits per heavy atom. The molecule has 0 saturated carbocycles. The highest BCUT2D eigenvalue weighted by molar-refractivity contribution is 6.14. The maximum Gasteiger partial charge on any atom is 0.161 e. The zero-order valence-electron chi connectivity index (χ0n) is 16.2. The third-order valence-corrected chi connectivity index (χ3v) is 6.35. The van der Waals surface area contributed by atoms with Crippen LogP contribution < -0.4 is 14.2 Å². The van der Waals surface area contributed by atoms with Crippen LogP contribution >= 0.6 is 0 Å². The highest BCUT2D eigenvalue weighted by atomic mass is 16.5. The van der Waals surface area contributed by atoms with Gasteiger partial charge in [-0.15, -0.1) is 0 Å². The maximum absolute atomic E-state index is 5.76. The molecule has 0 N–H and O–H groups in total. The van der Waals surface area contributed by atoms with Crippen molar-refractivity contribution >= 4 is 21.5 Å². The SMILES string of the molecule is COc1cc2c3c(c4cccc(OC)c4c2cc1OC)CN1CCC[C@H]1C3. The number of rotatable bonds is 3. The van der Waals surface area contributed by atoms with E-state index < -0.39 is 0 Å². The first-order valence-electron chi connectivity index (χ1n) is 9.65. The Balaban J connectivity index is 1.92. The molecule has 0 spiro atoms. The Labute approximate surface area is 159 Å². The Morgan fingerprint density at radius 1 is 0.852 bits per heavy atom. The van der Waals surface area contributed by atoms with E-state index in [0.717, 1.165) is 30.2 Å². The highest BCUT2D eigenvalue weighted by Gasteiger charge is 2.32. The molecule has 1 saturated heterocycles. The highest BCUT2D eigenvalue weighted by Crippen LogP contribution is 2.45. The molecule has 1 fully saturated rings. The zero-order chi connectivity index (χ0) is 18.5. The van der Waals surface area contributed by atoms with Gasteiger partial charge in [0.25, 0.3) is 0 Å². The molecule has 1 atom stereocenters. The second kappa shape index (κ2) is 6.31. The fourth-order valence-corrected chi connectivity index (χ4v) is 5.08. The second-order valence-electron chi connectivity index (χ2n) is 7.56. The van der Waals surface area contributed by atoms with Crippen LogP contribution in [-0.2, 0) is 13.0 Å². The van der Waals surface area contributed by atoms with E-state index in [9.17, 15) is 0 Å². The van der Waals surface area contributed by atoms with Gasteiger partial charge in [0.05, 0.1) is 21.3 Å². The van der Waals surface area contributed by atoms with E-state index in [2.05, 4.69) is 29.2 Å². The summed E-state index contributed by atoms with van der Waals surface area (Å²) in [7, 11) is 5.14. The van der Waals surface area contributed by atoms with E-state index in [-0.39, 0.29) is 0 Å². The summed E-state index contributed by atoms with van der Waals surface area (Å²) >= 11 is 0. The summed E-state index contributed by atoms with van der Waals surface area (Å²) in [4.78, 5) is 2.65. The van der Waals surface area contributed by atoms with E-state index in [1.165, 1.54) is 52.1 Å². The number of nitrogens with zero attached hydrogens (tertiary/aromatic N) is 1. The Morgan fingerprint density at radius 3 is 2.33 bits per heavy atom. The van der Waals surface area contributed by atoms with E-state index in [4.69, 9.17) is 14.2 Å². The quantitative estimate of drug-likeness (QED) is 0.639. The summed E-state index contributed by atoms with van der Waals surface area (Å²) in [5.74, 6) is 2.46. The lowest BCUT2D eigenvalue weighted by atomic mass is 9.85. The predicted molar refractivity (Wildman–Crippen MR) is 108 cm³/mol. The van der Waals surface area contributed by atoms with Crippen molar-refractivity contribution in [3.05, 3.63) is 41.5 Å². The molecule has 0 unspecified atom stereocenters. The molecule has 0 aliphatic carbocycles. The van der Waals surface area contributed by atoms with Gasteiger partial charge in [0.15, 0.2) is 11.5 Å². The smallest absolute Gasteiger partial charge is 0.161 e. The number of benzene rings is 3. The van der Waals surface area contributed by atoms with E-state index in [1.807, 2.05) is 6.07 Å². The average Bonchev–Trinajstić information content (AvgIpc) is 3.18. The third kappa shape index (κ3) is 2.39. The molecule has 2 heterocycles. The summed E-state index contributed by atoms with van der Waals surface area (Å²) in [6.07, 6.45) is 3.70. The lowest BCUT2D eigenvalue weighted by Crippen LogP contribution is -2.35. The summed E-state index contributed by atoms with van der Waals surface area (Å²) in [6.45, 7) is 2.23. The fraction of sp³-hybridized carbons (Fsp3) is 0.391. The summed E-state index contributed by atoms with van der Waals surface area (Å²) in [5.41, 5.74) is 2.91. The van der Waals surface area contributed by atoms with Crippen LogP contribution in [0.5, 0.6) is 17.2 Å². The van der Waals surface area contributed by atoms with Gasteiger partial charge in [0.1, 0.15) is 5.75 Å². The number of ether oxygens (including phenoxy) is 3. The van der Waals surface area contributed by atoms with Gasteiger partial charge >= 0.3 is 0 Å². The lowest BCUT2D eigenvalue weighted by Gasteiger charge is -2.33. The molecule has 140 valence electrons. The van der Waals surface area contributed by atoms with Crippen LogP contribution in [0.4, 0.5) is 0 Å². The van der Waals surface area contributed by atoms with Crippen molar-refractivity contribution in [3.63, 3.8) is 0 Å². The van der Waals surface area contributed by atoms with Crippen molar-refractivity contribution in [1.82, 2.24) is 4.90 Å². The van der Waals surface area contributed by atoms with E-state index >= 15 is 0 Å². The van der Waals surface area contributed by atoms with Gasteiger partial charge in [-0.1, -0.05) is 12.1 Å². The third-order valence-electron chi connectivity index (χ3n) is 6.35. The van der Waals surface area contributed by atoms with Crippen LogP contribution in [-0.4, -0.2) is 38.8 Å². The van der Waals surface area contributed by atoms with E-state index in [0.29, 0.717) is 6.04 Å². The van der Waals surface area contributed by atoms with Gasteiger partial charge < -0.3 is 14.2 Å². The normalized spacial score (nSPS) is 19.1. The van der Waals surface area contributed by atoms with Crippen molar-refractivity contribution < 1.29 is 14.2 Å². The molecule has 4 nitrogen and oxygen atoms in total. The van der Waals surface area contributed by atoms with E-state index in [1.54, 1.807) is 21.3 Å². The Bertz CT molecular complexity index is 1040. The van der Waals surface area contributed by atoms with Crippen LogP contribution in [0.25, 0.3) is 21.5 Å². The van der Waals surface area contributed by atoms with Crippen molar-refractivity contribution in [2.45, 2.75) is 31.8 Å². The molecule has 0 radical (unpaired) electrons. The van der Waals surface area contributed by atoms with Gasteiger partial charge in [0.2, 0.25) is 0 Å². The maximum atomic E-state index is 5.76. The summed E-state index contributed by atoms with van der Waals surface area (Å²) in [6, 6.07) is 11.3. The van der Waals surface area contributed by atoms with Gasteiger partial charge in [0, 0.05) is 18.0 Å². The van der Waals surface area contributed by atoms with Crippen molar-refractivity contribution in [3.8, 4) is 17.2 Å². The van der Waals surface area contributed by atoms with Crippen LogP contribution in [0, 0.1) is 0 Å². The molecule has 0 bridgehead atoms. The number of hydrogen-bond donors (Lipinski definition) is 0. The topological polar surface area (TPSA) is 30.9 Å². The standard InChI is InChI=1S/C23H25NO3/c1-25-20-8-4-7-15-19-13-24-9-5-6-14(24)10-16(19)17-11-21(26-2)22(27-3)12-18(17)23(15)20/h4,7-8,11-12,14H,5-6,9-10,13H2,1-3H3/t14-/m0/s1. The number of hydrogen-bond acceptors (Lipinski definition) is 4. The number of methoxy groups -OCH3 is 3. The molecular formula is C23H25NO3. The van der Waals surface area contributed by atoms with Crippen LogP contribution in [0.1, 0.15) is 24.0 Å². The fourth-order valence-electron chi connectivity index (χ4n) is 5.08. The zero-order valence-corrected chi connectivity index (χ0v) is 16.2. The molecule has 2 aliphatic rings. The minimum Gasteiger partial charge on any atom is -0.496 e. The first-order chi connectivity index (χ1) is 13.2. The Kier molecular flexibility index (Phi) is 3.90. The first kappa shape index (κ1) is 16.7. The van der Waals surface area contributed by atoms with Crippen LogP contribution in [0.2, 0.25) is 0 Å². The van der Waals surface area contributed by atoms with Crippen molar-refractivity contribution in [1.29, 1.82) is 0 Å². The Hall–Kier alpha value is -2.46. The summed E-state index contributed by atoms with van der Waals surface area (Å²) in [5, 5.41) is 4.93. The monoisotopic (exact) mass is 363 g/mol. The average molecular weight is 363 g/mol. The van der Waals surface area contributed by atoms with Crippen molar-refractivity contribution in [2.24, 2.45) is 0 Å². The molecule has 2 aliphatic heterocycles. The minimum absolute atomic E-state index is 0.664. The van der Waals surface area contributed by atoms with Gasteiger partial charge in [-0.25, -0.2) is 0 Å². The minimum atomic E-state index is 0.664. The first-order valence-corrected chi connectivity index (χ1v) is 9.65. The molecule has 3 aromatic carbocycles. The molecule has 0 amide bonds. The summed E-state index contributed by atoms with van der Waals surface area (Å²) < 4.78 is 17.0. The molecule has 3 aromatic rings. The van der Waals surface area contributed by atoms with Crippen molar-refractivity contribution in [2.75, 3.05) is 27.9 Å². The predicted octanol–water partition coefficient (Wildman–Crippen LogP) is 4.54. The lowest BCUT2D eigenvalue weighted by molar-refractivity contribution is 0.229. The second-order valence-corrected chi connectivity index (χ2v) is 7.56. The van der Waals surface area contributed by atoms with Gasteiger partial charge in [-0.05, 0) is 71.3 Å². The molecule has 0 aromatic heterocycles. The number of fused-ring (bicyclic) bond motifs is 7.